The van der Waals surface area contributed by atoms with E-state index in [1.807, 2.05) is 0 Å². The van der Waals surface area contributed by atoms with E-state index in [-0.39, 0.29) is 5.92 Å². The van der Waals surface area contributed by atoms with Gasteiger partial charge in [0.1, 0.15) is 5.78 Å². The molecule has 0 aromatic heterocycles. The molecule has 86 valence electrons. The maximum Gasteiger partial charge on any atom is 0.136 e. The minimum atomic E-state index is 0.248. The minimum absolute atomic E-state index is 0.248. The molecule has 1 aromatic rings. The first-order valence-electron chi connectivity index (χ1n) is 6.33. The molecule has 1 nitrogen and oxygen atoms in total. The van der Waals surface area contributed by atoms with Gasteiger partial charge in [-0.3, -0.25) is 4.79 Å². The van der Waals surface area contributed by atoms with E-state index in [2.05, 4.69) is 38.1 Å². The van der Waals surface area contributed by atoms with E-state index < -0.39 is 0 Å². The number of Topliss-reactive ketones (excluding diaryl/α,β-unsaturated/α-hetero) is 1. The van der Waals surface area contributed by atoms with Crippen molar-refractivity contribution in [2.24, 2.45) is 5.92 Å². The standard InChI is InChI=1S/C15H20O/c1-3-6-11(2)15(16)10-13-9-12-7-4-5-8-14(12)13/h4-5,7-8,11,13H,3,6,9-10H2,1-2H3. The molecule has 2 unspecified atom stereocenters. The van der Waals surface area contributed by atoms with Gasteiger partial charge in [-0.15, -0.1) is 0 Å². The molecule has 2 atom stereocenters. The van der Waals surface area contributed by atoms with E-state index in [0.717, 1.165) is 25.7 Å². The Morgan fingerprint density at radius 2 is 2.19 bits per heavy atom. The fourth-order valence-corrected chi connectivity index (χ4v) is 2.58. The molecule has 0 spiro atoms. The second kappa shape index (κ2) is 4.82. The number of hydrogen-bond acceptors (Lipinski definition) is 1. The maximum atomic E-state index is 11.9. The van der Waals surface area contributed by atoms with Crippen molar-refractivity contribution >= 4 is 5.78 Å². The topological polar surface area (TPSA) is 17.1 Å². The highest BCUT2D eigenvalue weighted by Gasteiger charge is 2.28. The van der Waals surface area contributed by atoms with Crippen LogP contribution < -0.4 is 0 Å². The van der Waals surface area contributed by atoms with Gasteiger partial charge >= 0.3 is 0 Å². The first kappa shape index (κ1) is 11.4. The lowest BCUT2D eigenvalue weighted by molar-refractivity contribution is -0.123. The van der Waals surface area contributed by atoms with Crippen molar-refractivity contribution in [3.63, 3.8) is 0 Å². The summed E-state index contributed by atoms with van der Waals surface area (Å²) in [6.07, 6.45) is 3.99. The van der Waals surface area contributed by atoms with Crippen LogP contribution in [-0.2, 0) is 11.2 Å². The average Bonchev–Trinajstić information content (AvgIpc) is 2.26. The maximum absolute atomic E-state index is 11.9. The fraction of sp³-hybridized carbons (Fsp3) is 0.533. The van der Waals surface area contributed by atoms with Crippen molar-refractivity contribution in [2.75, 3.05) is 0 Å². The van der Waals surface area contributed by atoms with Crippen LogP contribution in [0.25, 0.3) is 0 Å². The number of carbonyl (C=O) groups is 1. The Morgan fingerprint density at radius 1 is 1.44 bits per heavy atom. The third-order valence-corrected chi connectivity index (χ3v) is 3.68. The van der Waals surface area contributed by atoms with Crippen LogP contribution in [0, 0.1) is 5.92 Å². The molecular weight excluding hydrogens is 196 g/mol. The van der Waals surface area contributed by atoms with Crippen molar-refractivity contribution in [1.82, 2.24) is 0 Å². The van der Waals surface area contributed by atoms with Crippen LogP contribution in [0.5, 0.6) is 0 Å². The summed E-state index contributed by atoms with van der Waals surface area (Å²) < 4.78 is 0. The van der Waals surface area contributed by atoms with E-state index in [1.165, 1.54) is 11.1 Å². The molecule has 0 saturated carbocycles. The Kier molecular flexibility index (Phi) is 3.42. The average molecular weight is 216 g/mol. The van der Waals surface area contributed by atoms with E-state index in [9.17, 15) is 4.79 Å². The third-order valence-electron chi connectivity index (χ3n) is 3.68. The summed E-state index contributed by atoms with van der Waals surface area (Å²) in [4.78, 5) is 11.9. The van der Waals surface area contributed by atoms with Crippen LogP contribution in [-0.4, -0.2) is 5.78 Å². The van der Waals surface area contributed by atoms with E-state index >= 15 is 0 Å². The van der Waals surface area contributed by atoms with Gasteiger partial charge < -0.3 is 0 Å². The van der Waals surface area contributed by atoms with Gasteiger partial charge in [-0.1, -0.05) is 44.5 Å². The van der Waals surface area contributed by atoms with Crippen molar-refractivity contribution in [3.05, 3.63) is 35.4 Å². The second-order valence-corrected chi connectivity index (χ2v) is 4.96. The monoisotopic (exact) mass is 216 g/mol. The largest absolute Gasteiger partial charge is 0.299 e. The zero-order chi connectivity index (χ0) is 11.5. The van der Waals surface area contributed by atoms with Crippen LogP contribution in [0.2, 0.25) is 0 Å². The minimum Gasteiger partial charge on any atom is -0.299 e. The molecule has 1 aliphatic carbocycles. The lowest BCUT2D eigenvalue weighted by Crippen LogP contribution is -2.22. The summed E-state index contributed by atoms with van der Waals surface area (Å²) in [5.41, 5.74) is 2.84. The lowest BCUT2D eigenvalue weighted by Gasteiger charge is -2.30. The third kappa shape index (κ3) is 2.18. The molecule has 2 rings (SSSR count). The molecule has 0 aliphatic heterocycles. The lowest BCUT2D eigenvalue weighted by atomic mass is 9.74. The Hall–Kier alpha value is -1.11. The fourth-order valence-electron chi connectivity index (χ4n) is 2.58. The zero-order valence-corrected chi connectivity index (χ0v) is 10.2. The summed E-state index contributed by atoms with van der Waals surface area (Å²) in [5, 5.41) is 0. The van der Waals surface area contributed by atoms with Gasteiger partial charge in [0.2, 0.25) is 0 Å². The highest BCUT2D eigenvalue weighted by atomic mass is 16.1. The van der Waals surface area contributed by atoms with Crippen LogP contribution in [0.4, 0.5) is 0 Å². The zero-order valence-electron chi connectivity index (χ0n) is 10.2. The molecule has 0 bridgehead atoms. The van der Waals surface area contributed by atoms with Gasteiger partial charge in [-0.25, -0.2) is 0 Å². The molecule has 0 N–H and O–H groups in total. The molecule has 1 aromatic carbocycles. The van der Waals surface area contributed by atoms with Crippen molar-refractivity contribution in [1.29, 1.82) is 0 Å². The highest BCUT2D eigenvalue weighted by molar-refractivity contribution is 5.82. The quantitative estimate of drug-likeness (QED) is 0.733. The number of carbonyl (C=O) groups excluding carboxylic acids is 1. The van der Waals surface area contributed by atoms with E-state index in [0.29, 0.717) is 11.7 Å². The van der Waals surface area contributed by atoms with Gasteiger partial charge in [0.15, 0.2) is 0 Å². The SMILES string of the molecule is CCCC(C)C(=O)CC1Cc2ccccc21. The van der Waals surface area contributed by atoms with E-state index in [4.69, 9.17) is 0 Å². The summed E-state index contributed by atoms with van der Waals surface area (Å²) in [6.45, 7) is 4.21. The number of fused-ring (bicyclic) bond motifs is 1. The molecular formula is C15H20O. The van der Waals surface area contributed by atoms with Crippen LogP contribution in [0.15, 0.2) is 24.3 Å². The second-order valence-electron chi connectivity index (χ2n) is 4.96. The van der Waals surface area contributed by atoms with Crippen molar-refractivity contribution in [2.45, 2.75) is 45.4 Å². The van der Waals surface area contributed by atoms with Gasteiger partial charge in [-0.2, -0.15) is 0 Å². The Labute approximate surface area is 97.9 Å². The van der Waals surface area contributed by atoms with E-state index in [1.54, 1.807) is 0 Å². The predicted molar refractivity (Wildman–Crippen MR) is 66.6 cm³/mol. The molecule has 1 aliphatic rings. The van der Waals surface area contributed by atoms with Gasteiger partial charge in [0.05, 0.1) is 0 Å². The summed E-state index contributed by atoms with van der Waals surface area (Å²) in [6, 6.07) is 8.49. The smallest absolute Gasteiger partial charge is 0.136 e. The molecule has 0 radical (unpaired) electrons. The summed E-state index contributed by atoms with van der Waals surface area (Å²) in [7, 11) is 0. The number of benzene rings is 1. The summed E-state index contributed by atoms with van der Waals surface area (Å²) in [5.74, 6) is 1.20. The predicted octanol–water partition coefficient (Wildman–Crippen LogP) is 3.72. The van der Waals surface area contributed by atoms with Crippen LogP contribution >= 0.6 is 0 Å². The Balaban J connectivity index is 1.92. The number of rotatable bonds is 5. The van der Waals surface area contributed by atoms with Crippen LogP contribution in [0.1, 0.15) is 50.2 Å². The van der Waals surface area contributed by atoms with Crippen molar-refractivity contribution < 1.29 is 4.79 Å². The Morgan fingerprint density at radius 3 is 2.88 bits per heavy atom. The first-order valence-corrected chi connectivity index (χ1v) is 6.33. The van der Waals surface area contributed by atoms with Gasteiger partial charge in [0.25, 0.3) is 0 Å². The van der Waals surface area contributed by atoms with Gasteiger partial charge in [-0.05, 0) is 29.9 Å². The number of hydrogen-bond donors (Lipinski definition) is 0. The van der Waals surface area contributed by atoms with Crippen LogP contribution in [0.3, 0.4) is 0 Å². The molecule has 0 fully saturated rings. The molecule has 0 heterocycles. The van der Waals surface area contributed by atoms with Gasteiger partial charge in [0, 0.05) is 12.3 Å². The molecule has 0 amide bonds. The highest BCUT2D eigenvalue weighted by Crippen LogP contribution is 2.38. The molecule has 16 heavy (non-hydrogen) atoms. The Bertz CT molecular complexity index is 381. The van der Waals surface area contributed by atoms with Crippen molar-refractivity contribution in [3.8, 4) is 0 Å². The number of ketones is 1. The summed E-state index contributed by atoms with van der Waals surface area (Å²) >= 11 is 0. The molecule has 1 heteroatoms. The molecule has 0 saturated heterocycles. The first-order chi connectivity index (χ1) is 7.72. The normalized spacial score (nSPS) is 19.8.